The van der Waals surface area contributed by atoms with Crippen LogP contribution in [0, 0.1) is 5.92 Å². The molecule has 0 heterocycles. The van der Waals surface area contributed by atoms with Gasteiger partial charge in [-0.05, 0) is 32.7 Å². The molecule has 0 aliphatic rings. The molecule has 0 aromatic rings. The lowest BCUT2D eigenvalue weighted by molar-refractivity contribution is 0.182. The monoisotopic (exact) mass is 186 g/mol. The Morgan fingerprint density at radius 3 is 2.00 bits per heavy atom. The normalized spacial score (nSPS) is 16.6. The molecule has 0 rings (SSSR count). The molecule has 0 aromatic carbocycles. The van der Waals surface area contributed by atoms with E-state index in [4.69, 9.17) is 5.73 Å². The van der Waals surface area contributed by atoms with Crippen molar-refractivity contribution in [1.29, 1.82) is 0 Å². The molecule has 0 radical (unpaired) electrons. The van der Waals surface area contributed by atoms with E-state index < -0.39 is 0 Å². The average Bonchev–Trinajstić information content (AvgIpc) is 1.98. The third-order valence-corrected chi connectivity index (χ3v) is 2.34. The Hall–Kier alpha value is -0.0800. The molecule has 0 saturated carbocycles. The van der Waals surface area contributed by atoms with Crippen molar-refractivity contribution >= 4 is 0 Å². The zero-order chi connectivity index (χ0) is 10.4. The smallest absolute Gasteiger partial charge is 0.00815 e. The lowest BCUT2D eigenvalue weighted by atomic mass is 10.1. The second-order valence-corrected chi connectivity index (χ2v) is 4.54. The van der Waals surface area contributed by atoms with E-state index in [0.717, 1.165) is 18.9 Å². The summed E-state index contributed by atoms with van der Waals surface area (Å²) in [6.45, 7) is 13.4. The minimum absolute atomic E-state index is 0.316. The summed E-state index contributed by atoms with van der Waals surface area (Å²) in [5.74, 6) is 0.746. The number of hydrogen-bond acceptors (Lipinski definition) is 2. The molecule has 2 heteroatoms. The van der Waals surface area contributed by atoms with Crippen LogP contribution in [-0.2, 0) is 0 Å². The van der Waals surface area contributed by atoms with Gasteiger partial charge < -0.3 is 10.6 Å². The van der Waals surface area contributed by atoms with Gasteiger partial charge >= 0.3 is 0 Å². The fraction of sp³-hybridized carbons (Fsp3) is 1.00. The zero-order valence-electron chi connectivity index (χ0n) is 9.88. The van der Waals surface area contributed by atoms with Gasteiger partial charge in [-0.1, -0.05) is 20.8 Å². The number of nitrogens with zero attached hydrogens (tertiary/aromatic N) is 1. The van der Waals surface area contributed by atoms with Crippen molar-refractivity contribution in [1.82, 2.24) is 4.90 Å². The van der Waals surface area contributed by atoms with Crippen LogP contribution in [-0.4, -0.2) is 30.1 Å². The van der Waals surface area contributed by atoms with E-state index in [2.05, 4.69) is 39.5 Å². The van der Waals surface area contributed by atoms with E-state index in [1.54, 1.807) is 0 Å². The van der Waals surface area contributed by atoms with Gasteiger partial charge in [-0.25, -0.2) is 0 Å². The van der Waals surface area contributed by atoms with Crippen LogP contribution in [0.3, 0.4) is 0 Å². The van der Waals surface area contributed by atoms with Crippen molar-refractivity contribution in [3.63, 3.8) is 0 Å². The Labute approximate surface area is 83.5 Å². The third-order valence-electron chi connectivity index (χ3n) is 2.34. The fourth-order valence-corrected chi connectivity index (χ4v) is 1.78. The van der Waals surface area contributed by atoms with Crippen LogP contribution in [0.5, 0.6) is 0 Å². The summed E-state index contributed by atoms with van der Waals surface area (Å²) >= 11 is 0. The second-order valence-electron chi connectivity index (χ2n) is 4.54. The second kappa shape index (κ2) is 6.39. The largest absolute Gasteiger partial charge is 0.328 e. The van der Waals surface area contributed by atoms with Crippen LogP contribution >= 0.6 is 0 Å². The molecule has 0 amide bonds. The van der Waals surface area contributed by atoms with Crippen molar-refractivity contribution in [2.75, 3.05) is 13.1 Å². The number of nitrogens with two attached hydrogens (primary N) is 1. The quantitative estimate of drug-likeness (QED) is 0.688. The molecule has 0 saturated heterocycles. The van der Waals surface area contributed by atoms with Gasteiger partial charge in [0.1, 0.15) is 0 Å². The van der Waals surface area contributed by atoms with Crippen LogP contribution in [0.2, 0.25) is 0 Å². The first kappa shape index (κ1) is 12.9. The number of rotatable bonds is 6. The molecule has 0 aliphatic heterocycles. The number of hydrogen-bond donors (Lipinski definition) is 1. The first-order chi connectivity index (χ1) is 5.97. The van der Waals surface area contributed by atoms with E-state index in [1.165, 1.54) is 6.54 Å². The maximum atomic E-state index is 5.79. The van der Waals surface area contributed by atoms with Crippen LogP contribution in [0.15, 0.2) is 0 Å². The molecule has 2 atom stereocenters. The van der Waals surface area contributed by atoms with Gasteiger partial charge in [-0.15, -0.1) is 0 Å². The lowest BCUT2D eigenvalue weighted by Gasteiger charge is -2.30. The topological polar surface area (TPSA) is 29.3 Å². The predicted molar refractivity (Wildman–Crippen MR) is 59.8 cm³/mol. The Kier molecular flexibility index (Phi) is 6.35. The molecule has 0 fully saturated rings. The molecule has 13 heavy (non-hydrogen) atoms. The maximum Gasteiger partial charge on any atom is 0.00815 e. The van der Waals surface area contributed by atoms with Crippen LogP contribution in [0.1, 0.15) is 41.0 Å². The molecule has 80 valence electrons. The Morgan fingerprint density at radius 1 is 1.15 bits per heavy atom. The lowest BCUT2D eigenvalue weighted by Crippen LogP contribution is -2.39. The summed E-state index contributed by atoms with van der Waals surface area (Å²) in [6, 6.07) is 0.934. The van der Waals surface area contributed by atoms with E-state index >= 15 is 0 Å². The minimum Gasteiger partial charge on any atom is -0.328 e. The summed E-state index contributed by atoms with van der Waals surface area (Å²) in [4.78, 5) is 2.51. The molecule has 0 spiro atoms. The molecule has 2 N–H and O–H groups in total. The average molecular weight is 186 g/mol. The van der Waals surface area contributed by atoms with Crippen LogP contribution < -0.4 is 5.73 Å². The highest BCUT2D eigenvalue weighted by molar-refractivity contribution is 4.71. The van der Waals surface area contributed by atoms with Gasteiger partial charge in [-0.2, -0.15) is 0 Å². The van der Waals surface area contributed by atoms with Crippen molar-refractivity contribution in [3.8, 4) is 0 Å². The summed E-state index contributed by atoms with van der Waals surface area (Å²) in [6.07, 6.45) is 1.10. The third kappa shape index (κ3) is 6.05. The molecule has 2 unspecified atom stereocenters. The highest BCUT2D eigenvalue weighted by Gasteiger charge is 2.14. The van der Waals surface area contributed by atoms with Gasteiger partial charge in [0, 0.05) is 18.6 Å². The van der Waals surface area contributed by atoms with Crippen molar-refractivity contribution in [2.24, 2.45) is 11.7 Å². The van der Waals surface area contributed by atoms with Crippen molar-refractivity contribution in [2.45, 2.75) is 53.1 Å². The van der Waals surface area contributed by atoms with Gasteiger partial charge in [0.05, 0.1) is 0 Å². The van der Waals surface area contributed by atoms with Crippen molar-refractivity contribution in [3.05, 3.63) is 0 Å². The summed E-state index contributed by atoms with van der Waals surface area (Å²) < 4.78 is 0. The highest BCUT2D eigenvalue weighted by Crippen LogP contribution is 2.08. The van der Waals surface area contributed by atoms with Crippen LogP contribution in [0.4, 0.5) is 0 Å². The minimum atomic E-state index is 0.316. The molecule has 0 bridgehead atoms. The first-order valence-corrected chi connectivity index (χ1v) is 5.47. The zero-order valence-corrected chi connectivity index (χ0v) is 9.88. The molecular weight excluding hydrogens is 160 g/mol. The van der Waals surface area contributed by atoms with E-state index in [0.29, 0.717) is 12.1 Å². The van der Waals surface area contributed by atoms with Gasteiger partial charge in [0.2, 0.25) is 0 Å². The molecular formula is C11H26N2. The molecule has 0 aliphatic carbocycles. The van der Waals surface area contributed by atoms with E-state index in [-0.39, 0.29) is 0 Å². The van der Waals surface area contributed by atoms with Crippen LogP contribution in [0.25, 0.3) is 0 Å². The predicted octanol–water partition coefficient (Wildman–Crippen LogP) is 2.09. The van der Waals surface area contributed by atoms with Crippen molar-refractivity contribution < 1.29 is 0 Å². The highest BCUT2D eigenvalue weighted by atomic mass is 15.1. The maximum absolute atomic E-state index is 5.79. The summed E-state index contributed by atoms with van der Waals surface area (Å²) in [5, 5.41) is 0. The SMILES string of the molecule is CCN(CC(C)C)C(C)CC(C)N. The summed E-state index contributed by atoms with van der Waals surface area (Å²) in [5.41, 5.74) is 5.79. The van der Waals surface area contributed by atoms with E-state index in [1.807, 2.05) is 0 Å². The molecule has 2 nitrogen and oxygen atoms in total. The van der Waals surface area contributed by atoms with Gasteiger partial charge in [-0.3, -0.25) is 0 Å². The summed E-state index contributed by atoms with van der Waals surface area (Å²) in [7, 11) is 0. The standard InChI is InChI=1S/C11H26N2/c1-6-13(8-9(2)3)11(5)7-10(4)12/h9-11H,6-8,12H2,1-5H3. The molecule has 0 aromatic heterocycles. The Morgan fingerprint density at radius 2 is 1.69 bits per heavy atom. The van der Waals surface area contributed by atoms with Gasteiger partial charge in [0.15, 0.2) is 0 Å². The van der Waals surface area contributed by atoms with Gasteiger partial charge in [0.25, 0.3) is 0 Å². The fourth-order valence-electron chi connectivity index (χ4n) is 1.78. The first-order valence-electron chi connectivity index (χ1n) is 5.47. The Balaban J connectivity index is 3.91. The van der Waals surface area contributed by atoms with E-state index in [9.17, 15) is 0 Å². The Bertz CT molecular complexity index is 121.